The predicted molar refractivity (Wildman–Crippen MR) is 85.9 cm³/mol. The van der Waals surface area contributed by atoms with E-state index in [1.54, 1.807) is 10.5 Å². The fourth-order valence-electron chi connectivity index (χ4n) is 2.87. The maximum Gasteiger partial charge on any atom is 0.218 e. The molecular formula is C16H21N3O2S. The number of rotatable bonds is 4. The third-order valence-electron chi connectivity index (χ3n) is 4.19. The molecule has 2 heterocycles. The van der Waals surface area contributed by atoms with Crippen LogP contribution in [0.3, 0.4) is 0 Å². The van der Waals surface area contributed by atoms with Crippen molar-refractivity contribution in [3.05, 3.63) is 53.9 Å². The largest absolute Gasteiger partial charge is 0.270 e. The van der Waals surface area contributed by atoms with Gasteiger partial charge in [-0.05, 0) is 31.4 Å². The van der Waals surface area contributed by atoms with Gasteiger partial charge in [0.2, 0.25) is 10.0 Å². The summed E-state index contributed by atoms with van der Waals surface area (Å²) in [6.07, 6.45) is 5.34. The Hall–Kier alpha value is -1.66. The summed E-state index contributed by atoms with van der Waals surface area (Å²) in [7, 11) is -3.24. The van der Waals surface area contributed by atoms with Gasteiger partial charge in [-0.15, -0.1) is 0 Å². The summed E-state index contributed by atoms with van der Waals surface area (Å²) < 4.78 is 28.6. The number of hydrogen-bond donors (Lipinski definition) is 0. The fourth-order valence-corrected chi connectivity index (χ4v) is 4.43. The Morgan fingerprint density at radius 1 is 1.18 bits per heavy atom. The molecule has 0 bridgehead atoms. The minimum atomic E-state index is -3.24. The summed E-state index contributed by atoms with van der Waals surface area (Å²) in [5.74, 6) is 0.0831. The van der Waals surface area contributed by atoms with Crippen LogP contribution in [0, 0.1) is 6.92 Å². The van der Waals surface area contributed by atoms with E-state index in [1.165, 1.54) is 0 Å². The monoisotopic (exact) mass is 319 g/mol. The van der Waals surface area contributed by atoms with Crippen LogP contribution in [0.1, 0.15) is 30.0 Å². The van der Waals surface area contributed by atoms with Gasteiger partial charge in [0.1, 0.15) is 0 Å². The smallest absolute Gasteiger partial charge is 0.218 e. The zero-order valence-corrected chi connectivity index (χ0v) is 13.5. The molecule has 0 unspecified atom stereocenters. The lowest BCUT2D eigenvalue weighted by molar-refractivity contribution is 0.261. The van der Waals surface area contributed by atoms with Crippen molar-refractivity contribution in [2.24, 2.45) is 0 Å². The Bertz CT molecular complexity index is 700. The molecule has 1 aliphatic rings. The number of sulfonamides is 1. The van der Waals surface area contributed by atoms with Crippen LogP contribution in [-0.4, -0.2) is 35.6 Å². The first-order chi connectivity index (χ1) is 10.5. The molecule has 1 aromatic carbocycles. The molecule has 2 aromatic rings. The number of piperidine rings is 1. The van der Waals surface area contributed by atoms with E-state index in [2.05, 4.69) is 5.10 Å². The highest BCUT2D eigenvalue weighted by Crippen LogP contribution is 2.24. The van der Waals surface area contributed by atoms with Gasteiger partial charge in [0, 0.05) is 25.5 Å². The highest BCUT2D eigenvalue weighted by Gasteiger charge is 2.28. The van der Waals surface area contributed by atoms with E-state index in [0.717, 1.165) is 24.0 Å². The Morgan fingerprint density at radius 2 is 1.86 bits per heavy atom. The normalized spacial score (nSPS) is 17.7. The van der Waals surface area contributed by atoms with Gasteiger partial charge in [0.25, 0.3) is 0 Å². The molecule has 5 nitrogen and oxygen atoms in total. The van der Waals surface area contributed by atoms with E-state index >= 15 is 0 Å². The molecular weight excluding hydrogens is 298 g/mol. The Kier molecular flexibility index (Phi) is 4.31. The lowest BCUT2D eigenvalue weighted by Gasteiger charge is -2.31. The Morgan fingerprint density at radius 3 is 2.45 bits per heavy atom. The van der Waals surface area contributed by atoms with Gasteiger partial charge >= 0.3 is 0 Å². The Labute approximate surface area is 131 Å². The summed E-state index contributed by atoms with van der Waals surface area (Å²) in [6.45, 7) is 3.13. The predicted octanol–water partition coefficient (Wildman–Crippen LogP) is 2.36. The van der Waals surface area contributed by atoms with Crippen molar-refractivity contribution in [1.29, 1.82) is 0 Å². The van der Waals surface area contributed by atoms with Gasteiger partial charge in [-0.25, -0.2) is 12.7 Å². The first-order valence-electron chi connectivity index (χ1n) is 7.57. The first-order valence-corrected chi connectivity index (χ1v) is 9.18. The van der Waals surface area contributed by atoms with Crippen LogP contribution in [0.4, 0.5) is 0 Å². The zero-order chi connectivity index (χ0) is 15.6. The lowest BCUT2D eigenvalue weighted by atomic mass is 10.1. The van der Waals surface area contributed by atoms with E-state index in [-0.39, 0.29) is 5.75 Å². The van der Waals surface area contributed by atoms with Crippen LogP contribution in [0.2, 0.25) is 0 Å². The number of aryl methyl sites for hydroxylation is 1. The minimum absolute atomic E-state index is 0.0831. The molecule has 1 fully saturated rings. The first kappa shape index (κ1) is 15.2. The van der Waals surface area contributed by atoms with E-state index < -0.39 is 10.0 Å². The summed E-state index contributed by atoms with van der Waals surface area (Å²) in [4.78, 5) is 0. The van der Waals surface area contributed by atoms with Gasteiger partial charge in [-0.2, -0.15) is 5.10 Å². The molecule has 0 aliphatic carbocycles. The third-order valence-corrected chi connectivity index (χ3v) is 6.04. The van der Waals surface area contributed by atoms with E-state index in [0.29, 0.717) is 19.1 Å². The number of nitrogens with zero attached hydrogens (tertiary/aromatic N) is 3. The summed E-state index contributed by atoms with van der Waals surface area (Å²) in [5.41, 5.74) is 1.99. The quantitative estimate of drug-likeness (QED) is 0.869. The number of aromatic nitrogens is 2. The fraction of sp³-hybridized carbons (Fsp3) is 0.438. The highest BCUT2D eigenvalue weighted by molar-refractivity contribution is 7.88. The number of hydrogen-bond acceptors (Lipinski definition) is 3. The maximum atomic E-state index is 12.5. The topological polar surface area (TPSA) is 55.2 Å². The Balaban J connectivity index is 1.63. The van der Waals surface area contributed by atoms with Crippen LogP contribution in [0.25, 0.3) is 0 Å². The maximum absolute atomic E-state index is 12.5. The second-order valence-electron chi connectivity index (χ2n) is 5.86. The summed E-state index contributed by atoms with van der Waals surface area (Å²) >= 11 is 0. The van der Waals surface area contributed by atoms with Crippen molar-refractivity contribution in [1.82, 2.24) is 14.1 Å². The molecule has 6 heteroatoms. The van der Waals surface area contributed by atoms with Crippen LogP contribution in [0.5, 0.6) is 0 Å². The molecule has 1 aliphatic heterocycles. The molecule has 0 saturated carbocycles. The van der Waals surface area contributed by atoms with Crippen molar-refractivity contribution in [2.75, 3.05) is 13.1 Å². The summed E-state index contributed by atoms with van der Waals surface area (Å²) in [6, 6.07) is 9.90. The van der Waals surface area contributed by atoms with Crippen LogP contribution < -0.4 is 0 Å². The van der Waals surface area contributed by atoms with Gasteiger partial charge < -0.3 is 0 Å². The van der Waals surface area contributed by atoms with Crippen molar-refractivity contribution in [2.45, 2.75) is 31.6 Å². The molecule has 118 valence electrons. The SMILES string of the molecule is Cc1ccc(CS(=O)(=O)N2CCC(n3cccn3)CC2)cc1. The van der Waals surface area contributed by atoms with Crippen molar-refractivity contribution < 1.29 is 8.42 Å². The minimum Gasteiger partial charge on any atom is -0.270 e. The van der Waals surface area contributed by atoms with Crippen molar-refractivity contribution in [3.63, 3.8) is 0 Å². The van der Waals surface area contributed by atoms with E-state index in [1.807, 2.05) is 48.1 Å². The lowest BCUT2D eigenvalue weighted by Crippen LogP contribution is -2.39. The van der Waals surface area contributed by atoms with Gasteiger partial charge in [0.15, 0.2) is 0 Å². The van der Waals surface area contributed by atoms with Crippen LogP contribution in [0.15, 0.2) is 42.7 Å². The molecule has 3 rings (SSSR count). The average molecular weight is 319 g/mol. The molecule has 0 N–H and O–H groups in total. The summed E-state index contributed by atoms with van der Waals surface area (Å²) in [5, 5.41) is 4.25. The number of benzene rings is 1. The van der Waals surface area contributed by atoms with Gasteiger partial charge in [-0.1, -0.05) is 29.8 Å². The molecule has 1 saturated heterocycles. The van der Waals surface area contributed by atoms with Crippen LogP contribution >= 0.6 is 0 Å². The van der Waals surface area contributed by atoms with Crippen LogP contribution in [-0.2, 0) is 15.8 Å². The van der Waals surface area contributed by atoms with E-state index in [9.17, 15) is 8.42 Å². The third kappa shape index (κ3) is 3.39. The highest BCUT2D eigenvalue weighted by atomic mass is 32.2. The van der Waals surface area contributed by atoms with Gasteiger partial charge in [0.05, 0.1) is 11.8 Å². The average Bonchev–Trinajstić information content (AvgIpc) is 3.04. The molecule has 0 radical (unpaired) electrons. The van der Waals surface area contributed by atoms with Crippen molar-refractivity contribution in [3.8, 4) is 0 Å². The molecule has 1 aromatic heterocycles. The molecule has 22 heavy (non-hydrogen) atoms. The van der Waals surface area contributed by atoms with Crippen molar-refractivity contribution >= 4 is 10.0 Å². The molecule has 0 amide bonds. The molecule has 0 spiro atoms. The standard InChI is InChI=1S/C16H21N3O2S/c1-14-3-5-15(6-4-14)13-22(20,21)18-11-7-16(8-12-18)19-10-2-9-17-19/h2-6,9-10,16H,7-8,11-13H2,1H3. The molecule has 0 atom stereocenters. The second kappa shape index (κ2) is 6.22. The second-order valence-corrected chi connectivity index (χ2v) is 7.83. The zero-order valence-electron chi connectivity index (χ0n) is 12.7. The van der Waals surface area contributed by atoms with E-state index in [4.69, 9.17) is 0 Å². The van der Waals surface area contributed by atoms with Gasteiger partial charge in [-0.3, -0.25) is 4.68 Å².